The maximum Gasteiger partial charge on any atom is 0.338 e. The third-order valence-electron chi connectivity index (χ3n) is 9.89. The molecule has 1 N–H and O–H groups in total. The molecule has 0 bridgehead atoms. The van der Waals surface area contributed by atoms with Gasteiger partial charge in [-0.2, -0.15) is 0 Å². The molecule has 4 aliphatic heterocycles. The highest BCUT2D eigenvalue weighted by molar-refractivity contribution is 5.89. The highest BCUT2D eigenvalue weighted by atomic mass is 16.8. The zero-order chi connectivity index (χ0) is 35.4. The lowest BCUT2D eigenvalue weighted by Crippen LogP contribution is -2.66. The lowest BCUT2D eigenvalue weighted by molar-refractivity contribution is -0.399. The Labute approximate surface area is 302 Å². The van der Waals surface area contributed by atoms with E-state index in [2.05, 4.69) is 0 Å². The first-order chi connectivity index (χ1) is 25.5. The average molecular weight is 711 g/mol. The monoisotopic (exact) mass is 710 g/mol. The highest BCUT2D eigenvalue weighted by Crippen LogP contribution is 2.41. The Hall–Kier alpha value is -4.01. The summed E-state index contributed by atoms with van der Waals surface area (Å²) >= 11 is 0. The number of carbonyl (C=O) groups is 1. The Morgan fingerprint density at radius 1 is 0.654 bits per heavy atom. The van der Waals surface area contributed by atoms with Crippen LogP contribution < -0.4 is 0 Å². The quantitative estimate of drug-likeness (QED) is 0.222. The summed E-state index contributed by atoms with van der Waals surface area (Å²) in [5.41, 5.74) is 2.94. The molecule has 4 aliphatic rings. The van der Waals surface area contributed by atoms with E-state index >= 15 is 0 Å². The number of ether oxygens (including phenoxy) is 9. The summed E-state index contributed by atoms with van der Waals surface area (Å²) < 4.78 is 57.3. The number of esters is 1. The second-order valence-electron chi connectivity index (χ2n) is 13.4. The van der Waals surface area contributed by atoms with Crippen LogP contribution in [0.5, 0.6) is 0 Å². The zero-order valence-corrected chi connectivity index (χ0v) is 28.6. The van der Waals surface area contributed by atoms with E-state index in [1.807, 2.05) is 97.9 Å². The molecule has 0 amide bonds. The zero-order valence-electron chi connectivity index (χ0n) is 28.6. The molecule has 8 rings (SSSR count). The minimum atomic E-state index is -1.32. The van der Waals surface area contributed by atoms with Gasteiger partial charge in [0.1, 0.15) is 30.5 Å². The molecule has 0 aromatic heterocycles. The number of benzene rings is 4. The molecule has 52 heavy (non-hydrogen) atoms. The van der Waals surface area contributed by atoms with Gasteiger partial charge in [-0.15, -0.1) is 0 Å². The maximum atomic E-state index is 13.5. The van der Waals surface area contributed by atoms with Gasteiger partial charge in [-0.05, 0) is 17.7 Å². The summed E-state index contributed by atoms with van der Waals surface area (Å²) in [7, 11) is 0. The lowest BCUT2D eigenvalue weighted by atomic mass is 9.90. The van der Waals surface area contributed by atoms with Crippen LogP contribution in [0.3, 0.4) is 0 Å². The van der Waals surface area contributed by atoms with Crippen molar-refractivity contribution in [3.63, 3.8) is 0 Å². The van der Waals surface area contributed by atoms with Crippen LogP contribution in [0.2, 0.25) is 0 Å². The molecular weight excluding hydrogens is 668 g/mol. The molecule has 0 radical (unpaired) electrons. The predicted octanol–water partition coefficient (Wildman–Crippen LogP) is 5.49. The van der Waals surface area contributed by atoms with Gasteiger partial charge in [-0.1, -0.05) is 116 Å². The molecule has 0 aliphatic carbocycles. The van der Waals surface area contributed by atoms with E-state index in [9.17, 15) is 9.90 Å². The van der Waals surface area contributed by atoms with E-state index in [0.717, 1.165) is 16.7 Å². The van der Waals surface area contributed by atoms with Gasteiger partial charge < -0.3 is 47.7 Å². The molecule has 272 valence electrons. The van der Waals surface area contributed by atoms with Gasteiger partial charge in [0.05, 0.1) is 31.5 Å². The number of hydrogen-bond acceptors (Lipinski definition) is 11. The smallest absolute Gasteiger partial charge is 0.338 e. The molecule has 11 nitrogen and oxygen atoms in total. The third-order valence-corrected chi connectivity index (χ3v) is 9.89. The fourth-order valence-corrected chi connectivity index (χ4v) is 7.13. The molecule has 4 aromatic carbocycles. The number of fused-ring (bicyclic) bond motifs is 2. The minimum absolute atomic E-state index is 0.110. The number of aliphatic hydroxyl groups is 1. The molecule has 4 fully saturated rings. The normalized spacial score (nSPS) is 34.4. The molecule has 4 saturated heterocycles. The van der Waals surface area contributed by atoms with Crippen molar-refractivity contribution in [3.8, 4) is 0 Å². The summed E-state index contributed by atoms with van der Waals surface area (Å²) in [6, 6.07) is 37.5. The maximum absolute atomic E-state index is 13.5. The predicted molar refractivity (Wildman–Crippen MR) is 184 cm³/mol. The van der Waals surface area contributed by atoms with E-state index in [-0.39, 0.29) is 13.2 Å². The number of aliphatic hydroxyl groups excluding tert-OH is 1. The number of carbonyl (C=O) groups excluding carboxylic acids is 1. The summed E-state index contributed by atoms with van der Waals surface area (Å²) in [5.74, 6) is -1.04. The van der Waals surface area contributed by atoms with Crippen molar-refractivity contribution < 1.29 is 52.5 Å². The van der Waals surface area contributed by atoms with E-state index in [1.165, 1.54) is 0 Å². The van der Waals surface area contributed by atoms with Crippen LogP contribution in [0, 0.1) is 5.92 Å². The Balaban J connectivity index is 1.08. The Morgan fingerprint density at radius 3 is 1.79 bits per heavy atom. The largest absolute Gasteiger partial charge is 0.450 e. The minimum Gasteiger partial charge on any atom is -0.450 e. The molecule has 6 unspecified atom stereocenters. The van der Waals surface area contributed by atoms with Crippen molar-refractivity contribution in [2.24, 2.45) is 5.92 Å². The standard InChI is InChI=1S/C41H42O11/c1-25-33(35-31(24-46-40(52-35)29-20-12-5-13-21-29)47-38(25)44-22-26-14-6-2-7-15-26)50-41-36(49-37(43)27-16-8-3-9-17-27)32(42)34-30(48-41)23-45-39(51-34)28-18-10-4-11-19-28/h2-21,25,30-36,38-42H,22-24H2,1H3/t25?,30?,31?,32-,33+,34+,35+,36?,38+,39?,40?,41-/m0/s1. The Morgan fingerprint density at radius 2 is 1.17 bits per heavy atom. The van der Waals surface area contributed by atoms with Crippen molar-refractivity contribution in [3.05, 3.63) is 144 Å². The topological polar surface area (TPSA) is 120 Å². The Bertz CT molecular complexity index is 1730. The molecular formula is C41H42O11. The molecule has 12 atom stereocenters. The van der Waals surface area contributed by atoms with Crippen molar-refractivity contribution in [1.29, 1.82) is 0 Å². The van der Waals surface area contributed by atoms with Gasteiger partial charge in [0.25, 0.3) is 0 Å². The SMILES string of the molecule is CC1[C@H](OCc2ccccc2)OC2COC(c3ccccc3)O[C@H]2[C@@H]1O[C@@H]1OC2COC(c3ccccc3)O[C@H]2[C@H](O)C1OC(=O)c1ccccc1. The molecule has 4 aromatic rings. The van der Waals surface area contributed by atoms with Crippen LogP contribution in [-0.4, -0.2) is 79.6 Å². The second-order valence-corrected chi connectivity index (χ2v) is 13.4. The Kier molecular flexibility index (Phi) is 10.7. The first-order valence-electron chi connectivity index (χ1n) is 17.7. The van der Waals surface area contributed by atoms with Gasteiger partial charge in [0.15, 0.2) is 31.3 Å². The van der Waals surface area contributed by atoms with Gasteiger partial charge >= 0.3 is 5.97 Å². The van der Waals surface area contributed by atoms with Gasteiger partial charge in [-0.25, -0.2) is 4.79 Å². The van der Waals surface area contributed by atoms with Gasteiger partial charge in [0, 0.05) is 17.0 Å². The molecule has 4 heterocycles. The first-order valence-corrected chi connectivity index (χ1v) is 17.7. The molecule has 0 spiro atoms. The molecule has 11 heteroatoms. The van der Waals surface area contributed by atoms with E-state index in [1.54, 1.807) is 30.3 Å². The second kappa shape index (κ2) is 15.9. The van der Waals surface area contributed by atoms with Crippen molar-refractivity contribution >= 4 is 5.97 Å². The summed E-state index contributed by atoms with van der Waals surface area (Å²) in [6.45, 7) is 2.59. The van der Waals surface area contributed by atoms with E-state index in [0.29, 0.717) is 12.2 Å². The molecule has 0 saturated carbocycles. The number of hydrogen-bond donors (Lipinski definition) is 1. The third kappa shape index (κ3) is 7.56. The fourth-order valence-electron chi connectivity index (χ4n) is 7.13. The van der Waals surface area contributed by atoms with Gasteiger partial charge in [0.2, 0.25) is 0 Å². The van der Waals surface area contributed by atoms with Crippen molar-refractivity contribution in [2.45, 2.75) is 81.4 Å². The van der Waals surface area contributed by atoms with Crippen LogP contribution >= 0.6 is 0 Å². The van der Waals surface area contributed by atoms with Crippen LogP contribution in [0.1, 0.15) is 46.6 Å². The van der Waals surface area contributed by atoms with Crippen molar-refractivity contribution in [1.82, 2.24) is 0 Å². The highest BCUT2D eigenvalue weighted by Gasteiger charge is 2.56. The van der Waals surface area contributed by atoms with E-state index < -0.39 is 79.8 Å². The fraction of sp³-hybridized carbons (Fsp3) is 0.390. The van der Waals surface area contributed by atoms with Crippen LogP contribution in [-0.2, 0) is 49.2 Å². The summed E-state index contributed by atoms with van der Waals surface area (Å²) in [5, 5.41) is 12.0. The van der Waals surface area contributed by atoms with E-state index in [4.69, 9.17) is 42.6 Å². The average Bonchev–Trinajstić information content (AvgIpc) is 3.20. The first kappa shape index (κ1) is 35.0. The summed E-state index contributed by atoms with van der Waals surface area (Å²) in [4.78, 5) is 13.5. The van der Waals surface area contributed by atoms with Crippen LogP contribution in [0.25, 0.3) is 0 Å². The van der Waals surface area contributed by atoms with Crippen molar-refractivity contribution in [2.75, 3.05) is 13.2 Å². The van der Waals surface area contributed by atoms with Crippen LogP contribution in [0.4, 0.5) is 0 Å². The lowest BCUT2D eigenvalue weighted by Gasteiger charge is -2.51. The van der Waals surface area contributed by atoms with Crippen LogP contribution in [0.15, 0.2) is 121 Å². The van der Waals surface area contributed by atoms with Gasteiger partial charge in [-0.3, -0.25) is 0 Å². The summed E-state index contributed by atoms with van der Waals surface area (Å²) in [6.07, 6.45) is -9.44. The number of rotatable bonds is 9.